The number of furan rings is 1. The Labute approximate surface area is 237 Å². The fraction of sp³-hybridized carbons (Fsp3) is 0.115. The molecule has 0 aliphatic heterocycles. The van der Waals surface area contributed by atoms with Gasteiger partial charge in [-0.2, -0.15) is 9.61 Å². The smallest absolute Gasteiger partial charge is 0.250 e. The van der Waals surface area contributed by atoms with Crippen LogP contribution in [-0.4, -0.2) is 30.8 Å². The van der Waals surface area contributed by atoms with E-state index in [-0.39, 0.29) is 5.11 Å². The number of anilines is 1. The van der Waals surface area contributed by atoms with Crippen LogP contribution in [0.15, 0.2) is 59.0 Å². The molecule has 0 spiro atoms. The van der Waals surface area contributed by atoms with Gasteiger partial charge in [0.2, 0.25) is 10.9 Å². The van der Waals surface area contributed by atoms with E-state index < -0.39 is 5.91 Å². The molecule has 0 aliphatic rings. The van der Waals surface area contributed by atoms with Crippen molar-refractivity contribution in [2.24, 2.45) is 0 Å². The number of nitrogens with one attached hydrogen (secondary N) is 2. The van der Waals surface area contributed by atoms with Crippen molar-refractivity contribution in [1.82, 2.24) is 25.1 Å². The van der Waals surface area contributed by atoms with Gasteiger partial charge in [0.05, 0.1) is 5.02 Å². The lowest BCUT2D eigenvalue weighted by Crippen LogP contribution is -2.33. The van der Waals surface area contributed by atoms with Gasteiger partial charge in [0.1, 0.15) is 16.5 Å². The van der Waals surface area contributed by atoms with Crippen molar-refractivity contribution in [2.75, 3.05) is 5.32 Å². The zero-order valence-corrected chi connectivity index (χ0v) is 23.3. The van der Waals surface area contributed by atoms with E-state index in [0.717, 1.165) is 39.0 Å². The van der Waals surface area contributed by atoms with Crippen LogP contribution in [0.4, 0.5) is 5.69 Å². The number of hydrogen-bond donors (Lipinski definition) is 2. The van der Waals surface area contributed by atoms with Crippen molar-refractivity contribution in [3.63, 3.8) is 0 Å². The highest BCUT2D eigenvalue weighted by atomic mass is 35.5. The summed E-state index contributed by atoms with van der Waals surface area (Å²) in [5.41, 5.74) is 3.33. The predicted octanol–water partition coefficient (Wildman–Crippen LogP) is 6.82. The third kappa shape index (κ3) is 5.63. The molecule has 5 rings (SSSR count). The van der Waals surface area contributed by atoms with Crippen LogP contribution in [0.1, 0.15) is 24.1 Å². The standard InChI is InChI=1S/C26H20Cl2N6O2S2/c1-3-22-31-32-26-34(22)33-24(38-26)15-5-4-14(2)20(12-15)29-25(37)30-23(35)11-8-17-7-10-21(36-17)18-9-6-16(27)13-19(18)28/h4-13H,3H2,1-2H3,(H2,29,30,35,37). The van der Waals surface area contributed by atoms with Crippen LogP contribution in [0.2, 0.25) is 10.0 Å². The average Bonchev–Trinajstić information content (AvgIpc) is 3.60. The second-order valence-electron chi connectivity index (χ2n) is 8.20. The number of thiocarbonyl (C=S) groups is 1. The van der Waals surface area contributed by atoms with Crippen LogP contribution < -0.4 is 10.6 Å². The summed E-state index contributed by atoms with van der Waals surface area (Å²) in [5, 5.41) is 20.7. The molecule has 5 aromatic rings. The van der Waals surface area contributed by atoms with E-state index in [9.17, 15) is 4.79 Å². The van der Waals surface area contributed by atoms with Crippen LogP contribution in [0, 0.1) is 6.92 Å². The molecule has 3 aromatic heterocycles. The van der Waals surface area contributed by atoms with Crippen LogP contribution in [0.3, 0.4) is 0 Å². The van der Waals surface area contributed by atoms with Gasteiger partial charge in [-0.3, -0.25) is 10.1 Å². The Morgan fingerprint density at radius 3 is 2.79 bits per heavy atom. The molecule has 192 valence electrons. The Kier molecular flexibility index (Phi) is 7.57. The molecule has 38 heavy (non-hydrogen) atoms. The Balaban J connectivity index is 1.23. The number of halogens is 2. The number of fused-ring (bicyclic) bond motifs is 1. The monoisotopic (exact) mass is 582 g/mol. The first-order valence-electron chi connectivity index (χ1n) is 11.5. The number of benzene rings is 2. The van der Waals surface area contributed by atoms with E-state index in [2.05, 4.69) is 25.9 Å². The number of amides is 1. The molecule has 0 unspecified atom stereocenters. The number of carbonyl (C=O) groups is 1. The minimum Gasteiger partial charge on any atom is -0.457 e. The first-order chi connectivity index (χ1) is 18.3. The lowest BCUT2D eigenvalue weighted by molar-refractivity contribution is -0.115. The zero-order valence-electron chi connectivity index (χ0n) is 20.2. The minimum atomic E-state index is -0.403. The molecule has 3 heterocycles. The Bertz CT molecular complexity index is 1710. The molecule has 0 atom stereocenters. The number of nitrogens with zero attached hydrogens (tertiary/aromatic N) is 4. The first kappa shape index (κ1) is 26.1. The summed E-state index contributed by atoms with van der Waals surface area (Å²) in [5.74, 6) is 1.46. The van der Waals surface area contributed by atoms with E-state index >= 15 is 0 Å². The molecular formula is C26H20Cl2N6O2S2. The van der Waals surface area contributed by atoms with Gasteiger partial charge >= 0.3 is 0 Å². The molecule has 0 radical (unpaired) electrons. The highest BCUT2D eigenvalue weighted by Gasteiger charge is 2.14. The van der Waals surface area contributed by atoms with Gasteiger partial charge in [0.25, 0.3) is 0 Å². The van der Waals surface area contributed by atoms with Crippen LogP contribution in [0.25, 0.3) is 32.9 Å². The topological polar surface area (TPSA) is 97.3 Å². The summed E-state index contributed by atoms with van der Waals surface area (Å²) in [6, 6.07) is 14.5. The fourth-order valence-electron chi connectivity index (χ4n) is 3.63. The lowest BCUT2D eigenvalue weighted by atomic mass is 10.1. The van der Waals surface area contributed by atoms with E-state index in [1.165, 1.54) is 17.4 Å². The number of hydrogen-bond acceptors (Lipinski definition) is 7. The maximum Gasteiger partial charge on any atom is 0.250 e. The summed E-state index contributed by atoms with van der Waals surface area (Å²) in [7, 11) is 0. The second kappa shape index (κ2) is 11.0. The zero-order chi connectivity index (χ0) is 26.8. The van der Waals surface area contributed by atoms with Crippen molar-refractivity contribution in [3.8, 4) is 21.9 Å². The lowest BCUT2D eigenvalue weighted by Gasteiger charge is -2.12. The molecule has 1 amide bonds. The summed E-state index contributed by atoms with van der Waals surface area (Å²) in [6.45, 7) is 3.96. The summed E-state index contributed by atoms with van der Waals surface area (Å²) >= 11 is 19.0. The number of aryl methyl sites for hydroxylation is 2. The van der Waals surface area contributed by atoms with Crippen LogP contribution >= 0.6 is 46.8 Å². The van der Waals surface area contributed by atoms with Gasteiger partial charge in [0.15, 0.2) is 10.9 Å². The van der Waals surface area contributed by atoms with Gasteiger partial charge in [-0.1, -0.05) is 53.6 Å². The van der Waals surface area contributed by atoms with E-state index in [0.29, 0.717) is 27.1 Å². The maximum absolute atomic E-state index is 12.5. The minimum absolute atomic E-state index is 0.166. The normalized spacial score (nSPS) is 11.4. The summed E-state index contributed by atoms with van der Waals surface area (Å²) in [4.78, 5) is 13.2. The van der Waals surface area contributed by atoms with Crippen LogP contribution in [-0.2, 0) is 11.2 Å². The third-order valence-electron chi connectivity index (χ3n) is 5.56. The largest absolute Gasteiger partial charge is 0.457 e. The molecule has 8 nitrogen and oxygen atoms in total. The third-order valence-corrected chi connectivity index (χ3v) is 7.26. The SMILES string of the molecule is CCc1nnc2sc(-c3ccc(C)c(NC(=S)NC(=O)C=Cc4ccc(-c5ccc(Cl)cc5Cl)o4)c3)nn12. The Morgan fingerprint density at radius 1 is 1.16 bits per heavy atom. The van der Waals surface area contributed by atoms with E-state index in [1.807, 2.05) is 32.0 Å². The van der Waals surface area contributed by atoms with Gasteiger partial charge in [-0.15, -0.1) is 10.2 Å². The fourth-order valence-corrected chi connectivity index (χ4v) is 5.19. The maximum atomic E-state index is 12.5. The molecule has 0 saturated carbocycles. The first-order valence-corrected chi connectivity index (χ1v) is 13.5. The molecule has 0 saturated heterocycles. The summed E-state index contributed by atoms with van der Waals surface area (Å²) < 4.78 is 7.55. The molecule has 12 heteroatoms. The second-order valence-corrected chi connectivity index (χ2v) is 10.4. The van der Waals surface area contributed by atoms with Crippen molar-refractivity contribution < 1.29 is 9.21 Å². The Hall–Kier alpha value is -3.57. The number of carbonyl (C=O) groups excluding carboxylic acids is 1. The Morgan fingerprint density at radius 2 is 2.00 bits per heavy atom. The van der Waals surface area contributed by atoms with Gasteiger partial charge < -0.3 is 9.73 Å². The number of aromatic nitrogens is 4. The van der Waals surface area contributed by atoms with Crippen LogP contribution in [0.5, 0.6) is 0 Å². The van der Waals surface area contributed by atoms with Gasteiger partial charge in [0, 0.05) is 34.3 Å². The van der Waals surface area contributed by atoms with E-state index in [1.54, 1.807) is 40.9 Å². The molecule has 0 aliphatic carbocycles. The molecule has 0 bridgehead atoms. The average molecular weight is 584 g/mol. The molecule has 2 aromatic carbocycles. The van der Waals surface area contributed by atoms with Gasteiger partial charge in [-0.05, 0) is 67.2 Å². The molecule has 2 N–H and O–H groups in total. The molecule has 0 fully saturated rings. The van der Waals surface area contributed by atoms with E-state index in [4.69, 9.17) is 39.8 Å². The highest BCUT2D eigenvalue weighted by molar-refractivity contribution is 7.80. The van der Waals surface area contributed by atoms with Crippen molar-refractivity contribution in [1.29, 1.82) is 0 Å². The van der Waals surface area contributed by atoms with Crippen molar-refractivity contribution >= 4 is 74.5 Å². The predicted molar refractivity (Wildman–Crippen MR) is 156 cm³/mol. The van der Waals surface area contributed by atoms with Gasteiger partial charge in [-0.25, -0.2) is 0 Å². The quantitative estimate of drug-likeness (QED) is 0.167. The molecular weight excluding hydrogens is 563 g/mol. The number of rotatable bonds is 6. The van der Waals surface area contributed by atoms with Crippen molar-refractivity contribution in [2.45, 2.75) is 20.3 Å². The summed E-state index contributed by atoms with van der Waals surface area (Å²) in [6.07, 6.45) is 3.63. The highest BCUT2D eigenvalue weighted by Crippen LogP contribution is 2.32. The van der Waals surface area contributed by atoms with Crippen molar-refractivity contribution in [3.05, 3.63) is 81.8 Å².